The minimum atomic E-state index is 0.535. The lowest BCUT2D eigenvalue weighted by Crippen LogP contribution is -2.09. The molecule has 1 atom stereocenters. The molecule has 0 saturated carbocycles. The van der Waals surface area contributed by atoms with E-state index in [1.807, 2.05) is 19.3 Å². The van der Waals surface area contributed by atoms with Crippen molar-refractivity contribution in [3.05, 3.63) is 47.3 Å². The lowest BCUT2D eigenvalue weighted by molar-refractivity contribution is 0.621. The number of hydrogen-bond donors (Lipinski definition) is 1. The molecule has 2 aliphatic carbocycles. The van der Waals surface area contributed by atoms with Crippen molar-refractivity contribution in [3.8, 4) is 0 Å². The Labute approximate surface area is 96.1 Å². The topological polar surface area (TPSA) is 24.9 Å². The third-order valence-electron chi connectivity index (χ3n) is 3.74. The van der Waals surface area contributed by atoms with Gasteiger partial charge in [0, 0.05) is 19.2 Å². The number of hydrogen-bond acceptors (Lipinski definition) is 2. The van der Waals surface area contributed by atoms with Gasteiger partial charge in [0.25, 0.3) is 0 Å². The molecule has 0 bridgehead atoms. The van der Waals surface area contributed by atoms with Crippen molar-refractivity contribution in [1.29, 1.82) is 0 Å². The number of nitrogens with one attached hydrogen (secondary N) is 1. The Kier molecular flexibility index (Phi) is 2.10. The molecule has 0 spiro atoms. The van der Waals surface area contributed by atoms with Gasteiger partial charge in [0.2, 0.25) is 0 Å². The predicted molar refractivity (Wildman–Crippen MR) is 66.1 cm³/mol. The summed E-state index contributed by atoms with van der Waals surface area (Å²) in [6.07, 6.45) is 7.63. The first-order chi connectivity index (χ1) is 7.86. The summed E-state index contributed by atoms with van der Waals surface area (Å²) in [5, 5.41) is 3.29. The van der Waals surface area contributed by atoms with Crippen molar-refractivity contribution in [2.75, 3.05) is 7.05 Å². The molecule has 0 radical (unpaired) electrons. The van der Waals surface area contributed by atoms with E-state index in [0.717, 1.165) is 5.69 Å². The number of nitrogens with zero attached hydrogens (tertiary/aromatic N) is 1. The van der Waals surface area contributed by atoms with Gasteiger partial charge in [-0.15, -0.1) is 0 Å². The fraction of sp³-hybridized carbons (Fsp3) is 0.357. The summed E-state index contributed by atoms with van der Waals surface area (Å²) in [4.78, 5) is 4.53. The molecular formula is C14H16N2. The zero-order valence-corrected chi connectivity index (χ0v) is 9.59. The fourth-order valence-electron chi connectivity index (χ4n) is 3.09. The minimum Gasteiger partial charge on any atom is -0.386 e. The van der Waals surface area contributed by atoms with E-state index < -0.39 is 0 Å². The first-order valence-electron chi connectivity index (χ1n) is 5.89. The standard InChI is InChI=1S/C14H16N2/c1-3-10-11-6-4-5-9-7-8-16-14(12(9)11)13(10)15-2/h3,7-8,11,15H,1,4-6H2,2H3. The van der Waals surface area contributed by atoms with Crippen LogP contribution in [0.5, 0.6) is 0 Å². The smallest absolute Gasteiger partial charge is 0.0904 e. The molecule has 1 aromatic rings. The van der Waals surface area contributed by atoms with Crippen LogP contribution in [0.15, 0.2) is 30.5 Å². The molecule has 0 aliphatic heterocycles. The van der Waals surface area contributed by atoms with E-state index >= 15 is 0 Å². The van der Waals surface area contributed by atoms with Gasteiger partial charge < -0.3 is 5.32 Å². The highest BCUT2D eigenvalue weighted by Crippen LogP contribution is 2.46. The largest absolute Gasteiger partial charge is 0.386 e. The van der Waals surface area contributed by atoms with E-state index in [1.54, 1.807) is 0 Å². The number of rotatable bonds is 2. The Balaban J connectivity index is 2.27. The van der Waals surface area contributed by atoms with Crippen LogP contribution in [0.1, 0.15) is 35.6 Å². The average molecular weight is 212 g/mol. The van der Waals surface area contributed by atoms with Gasteiger partial charge in [0.05, 0.1) is 11.4 Å². The van der Waals surface area contributed by atoms with Crippen molar-refractivity contribution in [3.63, 3.8) is 0 Å². The average Bonchev–Trinajstić information content (AvgIpc) is 2.65. The summed E-state index contributed by atoms with van der Waals surface area (Å²) < 4.78 is 0. The van der Waals surface area contributed by atoms with Crippen LogP contribution in [0.2, 0.25) is 0 Å². The summed E-state index contributed by atoms with van der Waals surface area (Å²) in [6.45, 7) is 3.95. The maximum Gasteiger partial charge on any atom is 0.0904 e. The van der Waals surface area contributed by atoms with Crippen LogP contribution in [0.4, 0.5) is 0 Å². The fourth-order valence-corrected chi connectivity index (χ4v) is 3.09. The number of aromatic nitrogens is 1. The van der Waals surface area contributed by atoms with E-state index in [2.05, 4.69) is 22.9 Å². The first-order valence-corrected chi connectivity index (χ1v) is 5.89. The SMILES string of the molecule is C=CC1=C(NC)c2nccc3c2C1CCC3. The first kappa shape index (κ1) is 9.64. The minimum absolute atomic E-state index is 0.535. The normalized spacial score (nSPS) is 21.9. The molecule has 1 N–H and O–H groups in total. The van der Waals surface area contributed by atoms with Gasteiger partial charge >= 0.3 is 0 Å². The molecule has 0 fully saturated rings. The quantitative estimate of drug-likeness (QED) is 0.815. The zero-order chi connectivity index (χ0) is 11.1. The third kappa shape index (κ3) is 1.10. The van der Waals surface area contributed by atoms with Gasteiger partial charge in [-0.3, -0.25) is 4.98 Å². The molecule has 0 aromatic carbocycles. The van der Waals surface area contributed by atoms with E-state index in [1.165, 1.54) is 41.7 Å². The Morgan fingerprint density at radius 3 is 3.19 bits per heavy atom. The van der Waals surface area contributed by atoms with Gasteiger partial charge in [-0.2, -0.15) is 0 Å². The van der Waals surface area contributed by atoms with E-state index in [9.17, 15) is 0 Å². The highest BCUT2D eigenvalue weighted by atomic mass is 14.9. The maximum atomic E-state index is 4.53. The van der Waals surface area contributed by atoms with Crippen LogP contribution >= 0.6 is 0 Å². The molecule has 1 unspecified atom stereocenters. The molecule has 1 heterocycles. The summed E-state index contributed by atoms with van der Waals surface area (Å²) >= 11 is 0. The third-order valence-corrected chi connectivity index (χ3v) is 3.74. The number of pyridine rings is 1. The number of allylic oxidation sites excluding steroid dienone is 2. The molecule has 16 heavy (non-hydrogen) atoms. The van der Waals surface area contributed by atoms with Crippen molar-refractivity contribution < 1.29 is 0 Å². The van der Waals surface area contributed by atoms with E-state index in [-0.39, 0.29) is 0 Å². The van der Waals surface area contributed by atoms with Crippen molar-refractivity contribution >= 4 is 5.70 Å². The highest BCUT2D eigenvalue weighted by Gasteiger charge is 2.34. The van der Waals surface area contributed by atoms with Crippen LogP contribution in [-0.2, 0) is 6.42 Å². The number of aryl methyl sites for hydroxylation is 1. The zero-order valence-electron chi connectivity index (χ0n) is 9.59. The summed E-state index contributed by atoms with van der Waals surface area (Å²) in [6, 6.07) is 2.17. The molecule has 2 aliphatic rings. The monoisotopic (exact) mass is 212 g/mol. The van der Waals surface area contributed by atoms with E-state index in [0.29, 0.717) is 5.92 Å². The van der Waals surface area contributed by atoms with Crippen LogP contribution in [0.25, 0.3) is 5.70 Å². The van der Waals surface area contributed by atoms with Gasteiger partial charge in [-0.05, 0) is 42.0 Å². The van der Waals surface area contributed by atoms with E-state index in [4.69, 9.17) is 0 Å². The molecular weight excluding hydrogens is 196 g/mol. The maximum absolute atomic E-state index is 4.53. The van der Waals surface area contributed by atoms with Crippen LogP contribution in [0, 0.1) is 0 Å². The molecule has 1 aromatic heterocycles. The van der Waals surface area contributed by atoms with Gasteiger partial charge in [-0.1, -0.05) is 12.7 Å². The van der Waals surface area contributed by atoms with Crippen LogP contribution in [0.3, 0.4) is 0 Å². The lowest BCUT2D eigenvalue weighted by Gasteiger charge is -2.22. The summed E-state index contributed by atoms with van der Waals surface area (Å²) in [5.74, 6) is 0.535. The Hall–Kier alpha value is -1.57. The molecule has 2 nitrogen and oxygen atoms in total. The van der Waals surface area contributed by atoms with Crippen LogP contribution in [-0.4, -0.2) is 12.0 Å². The molecule has 82 valence electrons. The second-order valence-corrected chi connectivity index (χ2v) is 4.46. The Morgan fingerprint density at radius 2 is 2.44 bits per heavy atom. The Morgan fingerprint density at radius 1 is 1.56 bits per heavy atom. The predicted octanol–water partition coefficient (Wildman–Crippen LogP) is 2.63. The molecule has 3 rings (SSSR count). The van der Waals surface area contributed by atoms with Crippen molar-refractivity contribution in [1.82, 2.24) is 10.3 Å². The summed E-state index contributed by atoms with van der Waals surface area (Å²) in [5.41, 5.74) is 6.59. The second-order valence-electron chi connectivity index (χ2n) is 4.46. The highest BCUT2D eigenvalue weighted by molar-refractivity contribution is 5.78. The van der Waals surface area contributed by atoms with Gasteiger partial charge in [0.1, 0.15) is 0 Å². The lowest BCUT2D eigenvalue weighted by atomic mass is 9.82. The van der Waals surface area contributed by atoms with Crippen molar-refractivity contribution in [2.24, 2.45) is 0 Å². The summed E-state index contributed by atoms with van der Waals surface area (Å²) in [7, 11) is 1.97. The van der Waals surface area contributed by atoms with Crippen molar-refractivity contribution in [2.45, 2.75) is 25.2 Å². The molecule has 0 amide bonds. The molecule has 2 heteroatoms. The van der Waals surface area contributed by atoms with Gasteiger partial charge in [0.15, 0.2) is 0 Å². The molecule has 0 saturated heterocycles. The van der Waals surface area contributed by atoms with Crippen LogP contribution < -0.4 is 5.32 Å². The Bertz CT molecular complexity index is 486. The van der Waals surface area contributed by atoms with Gasteiger partial charge in [-0.25, -0.2) is 0 Å². The second kappa shape index (κ2) is 3.48.